The van der Waals surface area contributed by atoms with Crippen LogP contribution in [0, 0.1) is 0 Å². The van der Waals surface area contributed by atoms with Gasteiger partial charge in [0.2, 0.25) is 0 Å². The number of hydrogen-bond acceptors (Lipinski definition) is 3. The smallest absolute Gasteiger partial charge is 0.198 e. The lowest BCUT2D eigenvalue weighted by Crippen LogP contribution is -2.38. The molecule has 3 aromatic heterocycles. The molecule has 4 heterocycles. The standard InChI is InChI=1S/C61H50BN2OS/c1-59(2,3)35-22-25-37(26-23-35)63-47-32-52-41(38-18-13-15-21-51(38)66-52)29-42(47)55-56-53(39-19-12-14-20-45(39)61(56,7)8)54-43-28-36(60(4,5)6)24-27-48(43)64-49-30-40-44(34-16-10-9-11-17-34)33-65-50(40)31-46(49)62-57(55)58(54)64/h9-33,63H,1-8H3. The highest BCUT2D eigenvalue weighted by atomic mass is 32.1. The number of thiophene rings is 1. The highest BCUT2D eigenvalue weighted by Crippen LogP contribution is 2.58. The fourth-order valence-corrected chi connectivity index (χ4v) is 12.5. The molecular formula is C61H50BN2OS. The molecule has 2 aliphatic rings. The molecule has 0 saturated heterocycles. The normalized spacial score (nSPS) is 14.0. The van der Waals surface area contributed by atoms with Crippen molar-refractivity contribution in [3.05, 3.63) is 174 Å². The van der Waals surface area contributed by atoms with E-state index in [9.17, 15) is 0 Å². The van der Waals surface area contributed by atoms with E-state index in [2.05, 4.69) is 218 Å². The fraction of sp³-hybridized carbons (Fsp3) is 0.180. The largest absolute Gasteiger partial charge is 0.464 e. The molecule has 66 heavy (non-hydrogen) atoms. The average Bonchev–Trinajstić information content (AvgIpc) is 4.04. The van der Waals surface area contributed by atoms with Crippen molar-refractivity contribution in [1.29, 1.82) is 0 Å². The van der Waals surface area contributed by atoms with Crippen LogP contribution in [0.4, 0.5) is 11.4 Å². The van der Waals surface area contributed by atoms with Crippen LogP contribution in [-0.2, 0) is 16.2 Å². The van der Waals surface area contributed by atoms with Crippen molar-refractivity contribution < 1.29 is 4.42 Å². The van der Waals surface area contributed by atoms with Gasteiger partial charge in [0.15, 0.2) is 7.28 Å². The summed E-state index contributed by atoms with van der Waals surface area (Å²) in [7, 11) is 2.48. The van der Waals surface area contributed by atoms with Crippen LogP contribution < -0.4 is 16.2 Å². The van der Waals surface area contributed by atoms with Crippen molar-refractivity contribution in [2.45, 2.75) is 71.6 Å². The lowest BCUT2D eigenvalue weighted by atomic mass is 9.57. The SMILES string of the molecule is CC(C)(C)c1ccc(Nc2cc3sc4ccccc4c3cc2-c2c3c(c4c5cc(C(C)(C)C)ccc5n5c4c2[B]c2cc4occ(-c6ccccc6)c4cc2-5)-c2ccccc2C3(C)C)cc1. The number of rotatable bonds is 4. The summed E-state index contributed by atoms with van der Waals surface area (Å²) in [6, 6.07) is 54.6. The van der Waals surface area contributed by atoms with E-state index in [4.69, 9.17) is 4.42 Å². The maximum absolute atomic E-state index is 6.47. The Labute approximate surface area is 391 Å². The molecule has 1 aliphatic heterocycles. The van der Waals surface area contributed by atoms with Gasteiger partial charge in [0.05, 0.1) is 11.8 Å². The second-order valence-electron chi connectivity index (χ2n) is 21.3. The molecule has 0 unspecified atom stereocenters. The third-order valence-corrected chi connectivity index (χ3v) is 15.9. The van der Waals surface area contributed by atoms with E-state index >= 15 is 0 Å². The summed E-state index contributed by atoms with van der Waals surface area (Å²) in [4.78, 5) is 0. The van der Waals surface area contributed by atoms with Crippen LogP contribution in [0.3, 0.4) is 0 Å². The number of benzene rings is 8. The van der Waals surface area contributed by atoms with Crippen molar-refractivity contribution in [1.82, 2.24) is 4.57 Å². The summed E-state index contributed by atoms with van der Waals surface area (Å²) in [5.41, 5.74) is 21.6. The third-order valence-electron chi connectivity index (χ3n) is 14.8. The Balaban J connectivity index is 1.20. The second-order valence-corrected chi connectivity index (χ2v) is 22.3. The number of furan rings is 1. The van der Waals surface area contributed by atoms with Crippen molar-refractivity contribution in [3.8, 4) is 39.1 Å². The summed E-state index contributed by atoms with van der Waals surface area (Å²) >= 11 is 1.87. The zero-order chi connectivity index (χ0) is 45.0. The van der Waals surface area contributed by atoms with Crippen molar-refractivity contribution in [2.24, 2.45) is 0 Å². The van der Waals surface area contributed by atoms with Gasteiger partial charge in [-0.1, -0.05) is 152 Å². The van der Waals surface area contributed by atoms with Crippen LogP contribution in [0.1, 0.15) is 77.6 Å². The highest BCUT2D eigenvalue weighted by molar-refractivity contribution is 7.25. The molecule has 0 saturated carbocycles. The second kappa shape index (κ2) is 13.6. The Morgan fingerprint density at radius 1 is 0.606 bits per heavy atom. The first-order valence-corrected chi connectivity index (χ1v) is 24.1. The number of aromatic nitrogens is 1. The molecule has 3 nitrogen and oxygen atoms in total. The molecule has 13 rings (SSSR count). The van der Waals surface area contributed by atoms with Gasteiger partial charge in [0.1, 0.15) is 5.58 Å². The van der Waals surface area contributed by atoms with Gasteiger partial charge < -0.3 is 14.3 Å². The number of hydrogen-bond donors (Lipinski definition) is 1. The predicted octanol–water partition coefficient (Wildman–Crippen LogP) is 15.8. The minimum atomic E-state index is -0.316. The molecule has 319 valence electrons. The van der Waals surface area contributed by atoms with E-state index in [-0.39, 0.29) is 16.2 Å². The topological polar surface area (TPSA) is 30.1 Å². The van der Waals surface area contributed by atoms with Gasteiger partial charge in [-0.05, 0) is 115 Å². The van der Waals surface area contributed by atoms with Crippen LogP contribution in [0.2, 0.25) is 0 Å². The van der Waals surface area contributed by atoms with E-state index in [0.29, 0.717) is 0 Å². The molecule has 0 fully saturated rings. The summed E-state index contributed by atoms with van der Waals surface area (Å²) in [5.74, 6) is 0. The van der Waals surface area contributed by atoms with Crippen molar-refractivity contribution >= 4 is 93.9 Å². The van der Waals surface area contributed by atoms with E-state index in [1.54, 1.807) is 0 Å². The Hall–Kier alpha value is -6.82. The Kier molecular flexibility index (Phi) is 8.16. The number of nitrogens with zero attached hydrogens (tertiary/aromatic N) is 1. The van der Waals surface area contributed by atoms with E-state index in [1.165, 1.54) is 97.6 Å². The maximum atomic E-state index is 6.47. The van der Waals surface area contributed by atoms with Gasteiger partial charge in [0, 0.05) is 75.5 Å². The van der Waals surface area contributed by atoms with Crippen LogP contribution >= 0.6 is 11.3 Å². The van der Waals surface area contributed by atoms with Gasteiger partial charge >= 0.3 is 0 Å². The van der Waals surface area contributed by atoms with Gasteiger partial charge in [-0.15, -0.1) is 11.3 Å². The van der Waals surface area contributed by atoms with E-state index in [1.807, 2.05) is 17.6 Å². The summed E-state index contributed by atoms with van der Waals surface area (Å²) < 4.78 is 11.6. The third kappa shape index (κ3) is 5.62. The van der Waals surface area contributed by atoms with E-state index < -0.39 is 0 Å². The zero-order valence-electron chi connectivity index (χ0n) is 38.8. The monoisotopic (exact) mass is 869 g/mol. The minimum Gasteiger partial charge on any atom is -0.464 e. The molecule has 0 atom stereocenters. The van der Waals surface area contributed by atoms with E-state index in [0.717, 1.165) is 38.9 Å². The number of anilines is 2. The first-order valence-electron chi connectivity index (χ1n) is 23.3. The molecule has 0 bridgehead atoms. The summed E-state index contributed by atoms with van der Waals surface area (Å²) in [6.07, 6.45) is 1.93. The molecule has 11 aromatic rings. The molecule has 5 heteroatoms. The Morgan fingerprint density at radius 2 is 1.33 bits per heavy atom. The molecular weight excluding hydrogens is 820 g/mol. The van der Waals surface area contributed by atoms with Gasteiger partial charge in [-0.2, -0.15) is 0 Å². The van der Waals surface area contributed by atoms with Gasteiger partial charge in [-0.25, -0.2) is 0 Å². The first-order chi connectivity index (χ1) is 31.7. The zero-order valence-corrected chi connectivity index (χ0v) is 39.6. The molecule has 1 radical (unpaired) electrons. The lowest BCUT2D eigenvalue weighted by molar-refractivity contribution is 0.590. The first kappa shape index (κ1) is 39.5. The summed E-state index contributed by atoms with van der Waals surface area (Å²) in [6.45, 7) is 18.7. The van der Waals surface area contributed by atoms with Gasteiger partial charge in [-0.3, -0.25) is 0 Å². The van der Waals surface area contributed by atoms with Crippen LogP contribution in [0.25, 0.3) is 92.0 Å². The minimum absolute atomic E-state index is 0.0339. The van der Waals surface area contributed by atoms with Crippen molar-refractivity contribution in [2.75, 3.05) is 5.32 Å². The molecule has 1 aliphatic carbocycles. The van der Waals surface area contributed by atoms with Crippen LogP contribution in [0.15, 0.2) is 156 Å². The molecule has 1 N–H and O–H groups in total. The number of fused-ring (bicyclic) bond motifs is 13. The van der Waals surface area contributed by atoms with Gasteiger partial charge in [0.25, 0.3) is 0 Å². The van der Waals surface area contributed by atoms with Crippen LogP contribution in [-0.4, -0.2) is 11.8 Å². The summed E-state index contributed by atoms with van der Waals surface area (Å²) in [5, 5.41) is 10.4. The average molecular weight is 870 g/mol. The lowest BCUT2D eigenvalue weighted by Gasteiger charge is -2.30. The quantitative estimate of drug-likeness (QED) is 0.179. The molecule has 8 aromatic carbocycles. The maximum Gasteiger partial charge on any atom is 0.198 e. The molecule has 0 spiro atoms. The number of nitrogens with one attached hydrogen (secondary N) is 1. The Morgan fingerprint density at radius 3 is 2.12 bits per heavy atom. The molecule has 0 amide bonds. The van der Waals surface area contributed by atoms with Crippen molar-refractivity contribution in [3.63, 3.8) is 0 Å². The predicted molar refractivity (Wildman–Crippen MR) is 284 cm³/mol. The Bertz CT molecular complexity index is 3850. The fourth-order valence-electron chi connectivity index (χ4n) is 11.4. The van der Waals surface area contributed by atoms with Crippen LogP contribution in [0.5, 0.6) is 0 Å². The highest BCUT2D eigenvalue weighted by Gasteiger charge is 2.43.